The number of thiophene rings is 2. The van der Waals surface area contributed by atoms with Gasteiger partial charge >= 0.3 is 0 Å². The Morgan fingerprint density at radius 2 is 2.19 bits per heavy atom. The predicted molar refractivity (Wildman–Crippen MR) is 81.9 cm³/mol. The molecule has 1 aliphatic rings. The van der Waals surface area contributed by atoms with Gasteiger partial charge in [0.05, 0.1) is 10.6 Å². The Morgan fingerprint density at radius 3 is 2.95 bits per heavy atom. The molecule has 1 saturated carbocycles. The molecule has 3 heterocycles. The summed E-state index contributed by atoms with van der Waals surface area (Å²) in [5.41, 5.74) is 0.712. The second-order valence-corrected chi connectivity index (χ2v) is 6.69. The summed E-state index contributed by atoms with van der Waals surface area (Å²) in [6, 6.07) is 5.50. The van der Waals surface area contributed by atoms with Gasteiger partial charge in [-0.1, -0.05) is 11.2 Å². The van der Waals surface area contributed by atoms with Gasteiger partial charge in [-0.05, 0) is 35.7 Å². The maximum Gasteiger partial charge on any atom is 0.270 e. The molecule has 1 fully saturated rings. The van der Waals surface area contributed by atoms with Crippen molar-refractivity contribution < 1.29 is 9.32 Å². The van der Waals surface area contributed by atoms with Crippen LogP contribution >= 0.6 is 22.7 Å². The van der Waals surface area contributed by atoms with Crippen molar-refractivity contribution in [2.45, 2.75) is 18.8 Å². The zero-order valence-corrected chi connectivity index (χ0v) is 12.5. The molecule has 0 spiro atoms. The van der Waals surface area contributed by atoms with E-state index < -0.39 is 0 Å². The number of nitrogens with zero attached hydrogens (tertiary/aromatic N) is 2. The van der Waals surface area contributed by atoms with E-state index in [2.05, 4.69) is 15.5 Å². The molecule has 106 valence electrons. The van der Waals surface area contributed by atoms with Crippen LogP contribution in [-0.2, 0) is 0 Å². The third-order valence-electron chi connectivity index (χ3n) is 3.24. The summed E-state index contributed by atoms with van der Waals surface area (Å²) >= 11 is 2.89. The first-order chi connectivity index (χ1) is 10.3. The topological polar surface area (TPSA) is 68.0 Å². The Labute approximate surface area is 128 Å². The van der Waals surface area contributed by atoms with Crippen molar-refractivity contribution in [3.8, 4) is 10.8 Å². The Balaban J connectivity index is 1.59. The number of anilines is 1. The van der Waals surface area contributed by atoms with Gasteiger partial charge in [0, 0.05) is 5.92 Å². The molecule has 0 aromatic carbocycles. The average molecular weight is 317 g/mol. The first-order valence-electron chi connectivity index (χ1n) is 6.57. The van der Waals surface area contributed by atoms with Crippen LogP contribution in [0.3, 0.4) is 0 Å². The summed E-state index contributed by atoms with van der Waals surface area (Å²) in [4.78, 5) is 18.0. The van der Waals surface area contributed by atoms with E-state index in [0.717, 1.165) is 23.5 Å². The van der Waals surface area contributed by atoms with Crippen molar-refractivity contribution in [2.24, 2.45) is 0 Å². The fraction of sp³-hybridized carbons (Fsp3) is 0.214. The molecule has 0 aliphatic heterocycles. The van der Waals surface area contributed by atoms with Crippen LogP contribution in [0.2, 0.25) is 0 Å². The molecule has 4 rings (SSSR count). The van der Waals surface area contributed by atoms with Crippen molar-refractivity contribution >= 4 is 34.3 Å². The minimum Gasteiger partial charge on any atom is -0.333 e. The van der Waals surface area contributed by atoms with Crippen LogP contribution in [-0.4, -0.2) is 16.0 Å². The average Bonchev–Trinajstić information content (AvgIpc) is 2.95. The van der Waals surface area contributed by atoms with Gasteiger partial charge in [0.15, 0.2) is 5.82 Å². The van der Waals surface area contributed by atoms with Gasteiger partial charge < -0.3 is 9.84 Å². The van der Waals surface area contributed by atoms with E-state index in [1.165, 1.54) is 22.7 Å². The molecule has 1 aliphatic carbocycles. The molecule has 1 N–H and O–H groups in total. The highest BCUT2D eigenvalue weighted by molar-refractivity contribution is 7.14. The third-order valence-corrected chi connectivity index (χ3v) is 5.01. The van der Waals surface area contributed by atoms with E-state index in [9.17, 15) is 4.79 Å². The first-order valence-corrected chi connectivity index (χ1v) is 8.33. The normalized spacial score (nSPS) is 14.3. The zero-order valence-electron chi connectivity index (χ0n) is 10.9. The van der Waals surface area contributed by atoms with Crippen LogP contribution < -0.4 is 5.32 Å². The molecular formula is C14H11N3O2S2. The minimum absolute atomic E-state index is 0.119. The lowest BCUT2D eigenvalue weighted by molar-refractivity contribution is 0.103. The Hall–Kier alpha value is -1.99. The Bertz CT molecular complexity index is 772. The number of nitrogens with one attached hydrogen (secondary N) is 1. The maximum absolute atomic E-state index is 12.1. The van der Waals surface area contributed by atoms with E-state index in [-0.39, 0.29) is 5.91 Å². The monoisotopic (exact) mass is 317 g/mol. The molecule has 21 heavy (non-hydrogen) atoms. The Morgan fingerprint density at radius 1 is 1.29 bits per heavy atom. The molecule has 0 saturated heterocycles. The number of carbonyl (C=O) groups is 1. The largest absolute Gasteiger partial charge is 0.333 e. The number of hydrogen-bond donors (Lipinski definition) is 1. The van der Waals surface area contributed by atoms with E-state index in [1.54, 1.807) is 6.07 Å². The van der Waals surface area contributed by atoms with Crippen LogP contribution in [0.4, 0.5) is 5.69 Å². The molecular weight excluding hydrogens is 306 g/mol. The van der Waals surface area contributed by atoms with E-state index >= 15 is 0 Å². The maximum atomic E-state index is 12.1. The minimum atomic E-state index is -0.119. The number of hydrogen-bond acceptors (Lipinski definition) is 6. The highest BCUT2D eigenvalue weighted by Gasteiger charge is 2.29. The van der Waals surface area contributed by atoms with E-state index in [1.807, 2.05) is 22.9 Å². The molecule has 7 heteroatoms. The summed E-state index contributed by atoms with van der Waals surface area (Å²) < 4.78 is 5.32. The van der Waals surface area contributed by atoms with Gasteiger partial charge in [-0.25, -0.2) is 0 Å². The van der Waals surface area contributed by atoms with Crippen molar-refractivity contribution in [1.82, 2.24) is 10.1 Å². The molecule has 0 atom stereocenters. The van der Waals surface area contributed by atoms with Gasteiger partial charge in [0.2, 0.25) is 0 Å². The standard InChI is InChI=1S/C14H11N3O2S2/c18-13(10-2-1-6-20-10)15-9-5-7-21-11(9)14-16-12(17-19-14)8-3-4-8/h1-2,5-8H,3-4H2,(H,15,18). The summed E-state index contributed by atoms with van der Waals surface area (Å²) in [6.45, 7) is 0. The van der Waals surface area contributed by atoms with Crippen LogP contribution in [0.15, 0.2) is 33.5 Å². The second-order valence-electron chi connectivity index (χ2n) is 4.83. The van der Waals surface area contributed by atoms with Crippen LogP contribution in [0.1, 0.15) is 34.3 Å². The summed E-state index contributed by atoms with van der Waals surface area (Å²) in [5.74, 6) is 1.58. The molecule has 0 bridgehead atoms. The zero-order chi connectivity index (χ0) is 14.2. The van der Waals surface area contributed by atoms with Crippen LogP contribution in [0.5, 0.6) is 0 Å². The van der Waals surface area contributed by atoms with E-state index in [0.29, 0.717) is 22.4 Å². The summed E-state index contributed by atoms with van der Waals surface area (Å²) in [6.07, 6.45) is 2.26. The van der Waals surface area contributed by atoms with E-state index in [4.69, 9.17) is 4.52 Å². The number of aromatic nitrogens is 2. The number of carbonyl (C=O) groups excluding carboxylic acids is 1. The quantitative estimate of drug-likeness (QED) is 0.790. The van der Waals surface area contributed by atoms with Gasteiger partial charge in [-0.2, -0.15) is 4.98 Å². The van der Waals surface area contributed by atoms with Crippen LogP contribution in [0.25, 0.3) is 10.8 Å². The van der Waals surface area contributed by atoms with Gasteiger partial charge in [0.25, 0.3) is 11.8 Å². The highest BCUT2D eigenvalue weighted by Crippen LogP contribution is 2.40. The van der Waals surface area contributed by atoms with Crippen molar-refractivity contribution in [3.63, 3.8) is 0 Å². The van der Waals surface area contributed by atoms with Gasteiger partial charge in [-0.15, -0.1) is 22.7 Å². The van der Waals surface area contributed by atoms with Gasteiger partial charge in [-0.3, -0.25) is 4.79 Å². The molecule has 5 nitrogen and oxygen atoms in total. The Kier molecular flexibility index (Phi) is 3.08. The SMILES string of the molecule is O=C(Nc1ccsc1-c1nc(C2CC2)no1)c1cccs1. The molecule has 0 radical (unpaired) electrons. The predicted octanol–water partition coefficient (Wildman–Crippen LogP) is 3.99. The summed E-state index contributed by atoms with van der Waals surface area (Å²) in [5, 5.41) is 10.7. The van der Waals surface area contributed by atoms with Gasteiger partial charge in [0.1, 0.15) is 4.88 Å². The number of rotatable bonds is 4. The summed E-state index contributed by atoms with van der Waals surface area (Å²) in [7, 11) is 0. The fourth-order valence-corrected chi connectivity index (χ4v) is 3.39. The van der Waals surface area contributed by atoms with Crippen LogP contribution in [0, 0.1) is 0 Å². The molecule has 3 aromatic heterocycles. The van der Waals surface area contributed by atoms with Crippen molar-refractivity contribution in [2.75, 3.05) is 5.32 Å². The lowest BCUT2D eigenvalue weighted by Crippen LogP contribution is -2.09. The number of amides is 1. The molecule has 1 amide bonds. The highest BCUT2D eigenvalue weighted by atomic mass is 32.1. The van der Waals surface area contributed by atoms with Crippen molar-refractivity contribution in [1.29, 1.82) is 0 Å². The lowest BCUT2D eigenvalue weighted by atomic mass is 10.3. The lowest BCUT2D eigenvalue weighted by Gasteiger charge is -2.02. The third kappa shape index (κ3) is 2.50. The molecule has 3 aromatic rings. The second kappa shape index (κ2) is 5.09. The fourth-order valence-electron chi connectivity index (χ4n) is 2.00. The smallest absolute Gasteiger partial charge is 0.270 e. The first kappa shape index (κ1) is 12.7. The molecule has 0 unspecified atom stereocenters. The van der Waals surface area contributed by atoms with Crippen molar-refractivity contribution in [3.05, 3.63) is 39.7 Å².